The standard InChI is InChI=1S/C20H23N5O/c1-16(19-14-17-4-2-7-22-20(17)23-19)25-10-8-24(9-11-25)12-13-26-18-5-3-6-21-15-18/h2-7,14-15H,1,8-13H2,(H,22,23). The second-order valence-corrected chi connectivity index (χ2v) is 6.44. The van der Waals surface area contributed by atoms with Crippen LogP contribution in [0.2, 0.25) is 0 Å². The highest BCUT2D eigenvalue weighted by atomic mass is 16.5. The van der Waals surface area contributed by atoms with Gasteiger partial charge in [0.25, 0.3) is 0 Å². The second kappa shape index (κ2) is 7.58. The van der Waals surface area contributed by atoms with Crippen molar-refractivity contribution in [2.45, 2.75) is 0 Å². The minimum atomic E-state index is 0.681. The third kappa shape index (κ3) is 3.70. The van der Waals surface area contributed by atoms with Crippen LogP contribution in [0.4, 0.5) is 0 Å². The first-order chi connectivity index (χ1) is 12.8. The van der Waals surface area contributed by atoms with Crippen LogP contribution in [-0.2, 0) is 0 Å². The maximum absolute atomic E-state index is 5.74. The van der Waals surface area contributed by atoms with E-state index in [4.69, 9.17) is 4.74 Å². The van der Waals surface area contributed by atoms with E-state index in [1.807, 2.05) is 18.2 Å². The minimum Gasteiger partial charge on any atom is -0.491 e. The number of rotatable bonds is 6. The lowest BCUT2D eigenvalue weighted by Crippen LogP contribution is -2.46. The summed E-state index contributed by atoms with van der Waals surface area (Å²) in [6.07, 6.45) is 5.30. The molecule has 0 amide bonds. The fraction of sp³-hybridized carbons (Fsp3) is 0.300. The van der Waals surface area contributed by atoms with Crippen molar-refractivity contribution >= 4 is 16.7 Å². The van der Waals surface area contributed by atoms with E-state index >= 15 is 0 Å². The Labute approximate surface area is 153 Å². The molecule has 3 aromatic heterocycles. The Hall–Kier alpha value is -2.86. The zero-order chi connectivity index (χ0) is 17.8. The lowest BCUT2D eigenvalue weighted by molar-refractivity contribution is 0.149. The Balaban J connectivity index is 1.27. The van der Waals surface area contributed by atoms with E-state index in [1.165, 1.54) is 0 Å². The van der Waals surface area contributed by atoms with Crippen LogP contribution < -0.4 is 4.74 Å². The maximum Gasteiger partial charge on any atom is 0.137 e. The summed E-state index contributed by atoms with van der Waals surface area (Å²) in [6, 6.07) is 9.97. The predicted octanol–water partition coefficient (Wildman–Crippen LogP) is 2.63. The average molecular weight is 349 g/mol. The van der Waals surface area contributed by atoms with E-state index in [1.54, 1.807) is 18.6 Å². The van der Waals surface area contributed by atoms with Gasteiger partial charge in [0.15, 0.2) is 0 Å². The Kier molecular flexibility index (Phi) is 4.84. The Morgan fingerprint density at radius 3 is 2.77 bits per heavy atom. The van der Waals surface area contributed by atoms with Gasteiger partial charge in [-0.15, -0.1) is 0 Å². The summed E-state index contributed by atoms with van der Waals surface area (Å²) in [5.74, 6) is 0.826. The molecule has 4 rings (SSSR count). The highest BCUT2D eigenvalue weighted by Gasteiger charge is 2.19. The van der Waals surface area contributed by atoms with E-state index < -0.39 is 0 Å². The number of piperazine rings is 1. The van der Waals surface area contributed by atoms with Crippen LogP contribution in [0.15, 0.2) is 55.5 Å². The first-order valence-corrected chi connectivity index (χ1v) is 8.93. The zero-order valence-corrected chi connectivity index (χ0v) is 14.8. The van der Waals surface area contributed by atoms with Crippen molar-refractivity contribution in [3.05, 3.63) is 61.2 Å². The molecule has 1 aliphatic rings. The fourth-order valence-corrected chi connectivity index (χ4v) is 3.25. The number of nitrogens with one attached hydrogen (secondary N) is 1. The molecule has 0 spiro atoms. The molecule has 1 fully saturated rings. The Bertz CT molecular complexity index is 835. The molecular formula is C20H23N5O. The Morgan fingerprint density at radius 1 is 1.15 bits per heavy atom. The van der Waals surface area contributed by atoms with Gasteiger partial charge in [-0.3, -0.25) is 9.88 Å². The van der Waals surface area contributed by atoms with Crippen LogP contribution >= 0.6 is 0 Å². The van der Waals surface area contributed by atoms with Gasteiger partial charge in [0.05, 0.1) is 17.6 Å². The van der Waals surface area contributed by atoms with Gasteiger partial charge in [-0.25, -0.2) is 4.98 Å². The summed E-state index contributed by atoms with van der Waals surface area (Å²) in [4.78, 5) is 16.5. The predicted molar refractivity (Wildman–Crippen MR) is 103 cm³/mol. The van der Waals surface area contributed by atoms with Crippen LogP contribution in [-0.4, -0.2) is 64.1 Å². The fourth-order valence-electron chi connectivity index (χ4n) is 3.25. The molecule has 0 radical (unpaired) electrons. The van der Waals surface area contributed by atoms with Crippen LogP contribution in [0.1, 0.15) is 5.69 Å². The summed E-state index contributed by atoms with van der Waals surface area (Å²) in [6.45, 7) is 9.84. The highest BCUT2D eigenvalue weighted by molar-refractivity contribution is 5.80. The summed E-state index contributed by atoms with van der Waals surface area (Å²) in [7, 11) is 0. The molecule has 0 saturated carbocycles. The molecular weight excluding hydrogens is 326 g/mol. The van der Waals surface area contributed by atoms with Gasteiger partial charge in [0, 0.05) is 50.5 Å². The first-order valence-electron chi connectivity index (χ1n) is 8.93. The number of hydrogen-bond donors (Lipinski definition) is 1. The smallest absolute Gasteiger partial charge is 0.137 e. The summed E-state index contributed by atoms with van der Waals surface area (Å²) in [5, 5.41) is 1.12. The topological polar surface area (TPSA) is 57.3 Å². The molecule has 4 heterocycles. The van der Waals surface area contributed by atoms with Gasteiger partial charge in [0.2, 0.25) is 0 Å². The highest BCUT2D eigenvalue weighted by Crippen LogP contribution is 2.22. The Morgan fingerprint density at radius 2 is 2.00 bits per heavy atom. The van der Waals surface area contributed by atoms with Crippen molar-refractivity contribution in [2.24, 2.45) is 0 Å². The lowest BCUT2D eigenvalue weighted by atomic mass is 10.2. The molecule has 0 unspecified atom stereocenters. The van der Waals surface area contributed by atoms with E-state index in [0.717, 1.165) is 60.9 Å². The lowest BCUT2D eigenvalue weighted by Gasteiger charge is -2.36. The van der Waals surface area contributed by atoms with Crippen LogP contribution in [0, 0.1) is 0 Å². The van der Waals surface area contributed by atoms with Crippen molar-refractivity contribution in [1.29, 1.82) is 0 Å². The molecule has 0 aromatic carbocycles. The summed E-state index contributed by atoms with van der Waals surface area (Å²) in [5.41, 5.74) is 3.00. The number of ether oxygens (including phenoxy) is 1. The van der Waals surface area contributed by atoms with Gasteiger partial charge in [-0.1, -0.05) is 6.58 Å². The summed E-state index contributed by atoms with van der Waals surface area (Å²) < 4.78 is 5.74. The molecule has 3 aromatic rings. The van der Waals surface area contributed by atoms with Crippen molar-refractivity contribution in [3.63, 3.8) is 0 Å². The van der Waals surface area contributed by atoms with E-state index in [2.05, 4.69) is 43.5 Å². The number of nitrogens with zero attached hydrogens (tertiary/aromatic N) is 4. The summed E-state index contributed by atoms with van der Waals surface area (Å²) >= 11 is 0. The molecule has 1 aliphatic heterocycles. The third-order valence-electron chi connectivity index (χ3n) is 4.77. The molecule has 134 valence electrons. The average Bonchev–Trinajstić information content (AvgIpc) is 3.13. The minimum absolute atomic E-state index is 0.681. The van der Waals surface area contributed by atoms with Crippen LogP contribution in [0.3, 0.4) is 0 Å². The molecule has 6 heteroatoms. The first kappa shape index (κ1) is 16.6. The number of H-pyrrole nitrogens is 1. The monoisotopic (exact) mass is 349 g/mol. The van der Waals surface area contributed by atoms with E-state index in [0.29, 0.717) is 6.61 Å². The largest absolute Gasteiger partial charge is 0.491 e. The van der Waals surface area contributed by atoms with Crippen LogP contribution in [0.5, 0.6) is 5.75 Å². The van der Waals surface area contributed by atoms with Gasteiger partial charge in [-0.2, -0.15) is 0 Å². The number of aromatic nitrogens is 3. The van der Waals surface area contributed by atoms with E-state index in [9.17, 15) is 0 Å². The maximum atomic E-state index is 5.74. The normalized spacial score (nSPS) is 15.3. The molecule has 0 aliphatic carbocycles. The van der Waals surface area contributed by atoms with Gasteiger partial charge < -0.3 is 14.6 Å². The SMILES string of the molecule is C=C(c1cc2cccnc2[nH]1)N1CCN(CCOc2cccnc2)CC1. The molecule has 0 atom stereocenters. The van der Waals surface area contributed by atoms with Crippen molar-refractivity contribution < 1.29 is 4.74 Å². The van der Waals surface area contributed by atoms with Gasteiger partial charge in [0.1, 0.15) is 18.0 Å². The second-order valence-electron chi connectivity index (χ2n) is 6.44. The number of fused-ring (bicyclic) bond motifs is 1. The van der Waals surface area contributed by atoms with Crippen molar-refractivity contribution in [2.75, 3.05) is 39.3 Å². The van der Waals surface area contributed by atoms with Gasteiger partial charge >= 0.3 is 0 Å². The van der Waals surface area contributed by atoms with Crippen molar-refractivity contribution in [1.82, 2.24) is 24.8 Å². The molecule has 1 N–H and O–H groups in total. The molecule has 26 heavy (non-hydrogen) atoms. The number of pyridine rings is 2. The molecule has 0 bridgehead atoms. The third-order valence-corrected chi connectivity index (χ3v) is 4.77. The number of hydrogen-bond acceptors (Lipinski definition) is 5. The van der Waals surface area contributed by atoms with Crippen molar-refractivity contribution in [3.8, 4) is 5.75 Å². The van der Waals surface area contributed by atoms with E-state index in [-0.39, 0.29) is 0 Å². The quantitative estimate of drug-likeness (QED) is 0.741. The van der Waals surface area contributed by atoms with Gasteiger partial charge in [-0.05, 0) is 30.3 Å². The molecule has 6 nitrogen and oxygen atoms in total. The molecule has 1 saturated heterocycles. The zero-order valence-electron chi connectivity index (χ0n) is 14.8. The van der Waals surface area contributed by atoms with Crippen LogP contribution in [0.25, 0.3) is 16.7 Å². The number of aromatic amines is 1.